The standard InChI is InChI=1S/C18H17FN2O4S/c1-12-9-15(6-3-13(12)10-20)21-17(22)18(2,23)11-26(24,25)16-7-4-14(19)5-8-16/h3-9,23H,11H2,1-2H3,(H,21,22). The van der Waals surface area contributed by atoms with Gasteiger partial charge in [-0.2, -0.15) is 5.26 Å². The Labute approximate surface area is 150 Å². The summed E-state index contributed by atoms with van der Waals surface area (Å²) in [6.45, 7) is 2.77. The van der Waals surface area contributed by atoms with E-state index in [1.807, 2.05) is 6.07 Å². The molecule has 136 valence electrons. The smallest absolute Gasteiger partial charge is 0.257 e. The van der Waals surface area contributed by atoms with Gasteiger partial charge >= 0.3 is 0 Å². The highest BCUT2D eigenvalue weighted by atomic mass is 32.2. The van der Waals surface area contributed by atoms with Crippen LogP contribution >= 0.6 is 0 Å². The van der Waals surface area contributed by atoms with E-state index >= 15 is 0 Å². The zero-order valence-corrected chi connectivity index (χ0v) is 15.0. The van der Waals surface area contributed by atoms with Crippen molar-refractivity contribution in [3.8, 4) is 6.07 Å². The number of nitrogens with zero attached hydrogens (tertiary/aromatic N) is 1. The molecule has 2 N–H and O–H groups in total. The Morgan fingerprint density at radius 1 is 1.27 bits per heavy atom. The molecule has 8 heteroatoms. The molecule has 0 radical (unpaired) electrons. The number of rotatable bonds is 5. The van der Waals surface area contributed by atoms with Gasteiger partial charge in [-0.1, -0.05) is 0 Å². The Balaban J connectivity index is 2.18. The van der Waals surface area contributed by atoms with Crippen LogP contribution in [0.2, 0.25) is 0 Å². The molecule has 1 atom stereocenters. The van der Waals surface area contributed by atoms with Crippen LogP contribution in [0.4, 0.5) is 10.1 Å². The second-order valence-electron chi connectivity index (χ2n) is 6.08. The van der Waals surface area contributed by atoms with E-state index in [-0.39, 0.29) is 4.90 Å². The van der Waals surface area contributed by atoms with E-state index in [0.717, 1.165) is 31.2 Å². The molecule has 0 heterocycles. The van der Waals surface area contributed by atoms with Gasteiger partial charge in [-0.05, 0) is 61.9 Å². The predicted molar refractivity (Wildman–Crippen MR) is 93.6 cm³/mol. The van der Waals surface area contributed by atoms with Crippen molar-refractivity contribution in [3.63, 3.8) is 0 Å². The maximum Gasteiger partial charge on any atom is 0.257 e. The Hall–Kier alpha value is -2.76. The van der Waals surface area contributed by atoms with Crippen LogP contribution in [0.15, 0.2) is 47.4 Å². The van der Waals surface area contributed by atoms with Crippen LogP contribution in [0.25, 0.3) is 0 Å². The van der Waals surface area contributed by atoms with E-state index in [1.165, 1.54) is 12.1 Å². The van der Waals surface area contributed by atoms with Crippen LogP contribution in [-0.4, -0.2) is 30.8 Å². The van der Waals surface area contributed by atoms with Crippen LogP contribution in [0.5, 0.6) is 0 Å². The minimum atomic E-state index is -4.01. The first-order valence-electron chi connectivity index (χ1n) is 7.58. The van der Waals surface area contributed by atoms with Gasteiger partial charge in [0, 0.05) is 5.69 Å². The average molecular weight is 376 g/mol. The first-order chi connectivity index (χ1) is 12.0. The van der Waals surface area contributed by atoms with Crippen molar-refractivity contribution in [3.05, 3.63) is 59.4 Å². The molecule has 0 fully saturated rings. The van der Waals surface area contributed by atoms with E-state index in [4.69, 9.17) is 5.26 Å². The molecule has 0 aliphatic heterocycles. The average Bonchev–Trinajstić information content (AvgIpc) is 2.54. The molecule has 0 saturated carbocycles. The molecule has 2 rings (SSSR count). The summed E-state index contributed by atoms with van der Waals surface area (Å²) in [6.07, 6.45) is 0. The number of nitriles is 1. The highest BCUT2D eigenvalue weighted by Crippen LogP contribution is 2.20. The van der Waals surface area contributed by atoms with E-state index in [1.54, 1.807) is 13.0 Å². The zero-order chi connectivity index (χ0) is 19.5. The third-order valence-corrected chi connectivity index (χ3v) is 5.67. The minimum absolute atomic E-state index is 0.193. The largest absolute Gasteiger partial charge is 0.379 e. The molecule has 0 aliphatic carbocycles. The summed E-state index contributed by atoms with van der Waals surface area (Å²) in [6, 6.07) is 10.6. The highest BCUT2D eigenvalue weighted by molar-refractivity contribution is 7.91. The van der Waals surface area contributed by atoms with Crippen molar-refractivity contribution < 1.29 is 22.7 Å². The fraction of sp³-hybridized carbons (Fsp3) is 0.222. The van der Waals surface area contributed by atoms with Gasteiger partial charge in [0.15, 0.2) is 15.4 Å². The molecule has 0 saturated heterocycles. The molecular formula is C18H17FN2O4S. The van der Waals surface area contributed by atoms with Crippen molar-refractivity contribution in [2.45, 2.75) is 24.3 Å². The summed E-state index contributed by atoms with van der Waals surface area (Å²) in [4.78, 5) is 12.1. The number of halogens is 1. The molecule has 0 aromatic heterocycles. The highest BCUT2D eigenvalue weighted by Gasteiger charge is 2.36. The topological polar surface area (TPSA) is 107 Å². The minimum Gasteiger partial charge on any atom is -0.379 e. The molecule has 2 aromatic rings. The Morgan fingerprint density at radius 2 is 1.88 bits per heavy atom. The monoisotopic (exact) mass is 376 g/mol. The van der Waals surface area contributed by atoms with Gasteiger partial charge in [0.1, 0.15) is 5.82 Å². The summed E-state index contributed by atoms with van der Waals surface area (Å²) >= 11 is 0. The van der Waals surface area contributed by atoms with Crippen molar-refractivity contribution in [2.75, 3.05) is 11.1 Å². The second-order valence-corrected chi connectivity index (χ2v) is 8.07. The number of aryl methyl sites for hydroxylation is 1. The fourth-order valence-corrected chi connectivity index (χ4v) is 3.88. The fourth-order valence-electron chi connectivity index (χ4n) is 2.29. The summed E-state index contributed by atoms with van der Waals surface area (Å²) in [5, 5.41) is 21.7. The van der Waals surface area contributed by atoms with Gasteiger partial charge in [0.25, 0.3) is 5.91 Å². The number of amides is 1. The molecule has 26 heavy (non-hydrogen) atoms. The summed E-state index contributed by atoms with van der Waals surface area (Å²) in [5.74, 6) is -2.37. The molecule has 1 unspecified atom stereocenters. The third kappa shape index (κ3) is 4.45. The number of carbonyl (C=O) groups excluding carboxylic acids is 1. The van der Waals surface area contributed by atoms with E-state index in [9.17, 15) is 22.7 Å². The predicted octanol–water partition coefficient (Wildman–Crippen LogP) is 2.17. The number of hydrogen-bond acceptors (Lipinski definition) is 5. The van der Waals surface area contributed by atoms with E-state index in [2.05, 4.69) is 5.32 Å². The summed E-state index contributed by atoms with van der Waals surface area (Å²) in [5.41, 5.74) is -0.821. The molecule has 0 spiro atoms. The zero-order valence-electron chi connectivity index (χ0n) is 14.2. The molecular weight excluding hydrogens is 359 g/mol. The lowest BCUT2D eigenvalue weighted by atomic mass is 10.1. The quantitative estimate of drug-likeness (QED) is 0.778. The lowest BCUT2D eigenvalue weighted by molar-refractivity contribution is -0.130. The Bertz CT molecular complexity index is 977. The van der Waals surface area contributed by atoms with Gasteiger partial charge in [0.05, 0.1) is 22.3 Å². The maximum absolute atomic E-state index is 12.9. The number of nitrogens with one attached hydrogen (secondary N) is 1. The number of hydrogen-bond donors (Lipinski definition) is 2. The number of aliphatic hydroxyl groups is 1. The third-order valence-electron chi connectivity index (χ3n) is 3.74. The van der Waals surface area contributed by atoms with Crippen LogP contribution < -0.4 is 5.32 Å². The Morgan fingerprint density at radius 3 is 2.42 bits per heavy atom. The van der Waals surface area contributed by atoms with Crippen molar-refractivity contribution in [1.29, 1.82) is 5.26 Å². The second kappa shape index (κ2) is 7.23. The molecule has 6 nitrogen and oxygen atoms in total. The van der Waals surface area contributed by atoms with E-state index in [0.29, 0.717) is 16.8 Å². The number of benzene rings is 2. The van der Waals surface area contributed by atoms with Gasteiger partial charge < -0.3 is 10.4 Å². The van der Waals surface area contributed by atoms with Crippen LogP contribution in [0.1, 0.15) is 18.1 Å². The Kier molecular flexibility index (Phi) is 5.44. The molecule has 2 aromatic carbocycles. The molecule has 0 bridgehead atoms. The lowest BCUT2D eigenvalue weighted by Crippen LogP contribution is -2.45. The van der Waals surface area contributed by atoms with Gasteiger partial charge in [-0.15, -0.1) is 0 Å². The lowest BCUT2D eigenvalue weighted by Gasteiger charge is -2.22. The molecule has 0 aliphatic rings. The van der Waals surface area contributed by atoms with Crippen molar-refractivity contribution >= 4 is 21.4 Å². The maximum atomic E-state index is 12.9. The summed E-state index contributed by atoms with van der Waals surface area (Å²) < 4.78 is 37.7. The molecule has 1 amide bonds. The summed E-state index contributed by atoms with van der Waals surface area (Å²) in [7, 11) is -4.01. The number of carbonyl (C=O) groups is 1. The number of anilines is 1. The van der Waals surface area contributed by atoms with Crippen molar-refractivity contribution in [1.82, 2.24) is 0 Å². The van der Waals surface area contributed by atoms with Crippen LogP contribution in [0, 0.1) is 24.1 Å². The van der Waals surface area contributed by atoms with Gasteiger partial charge in [-0.3, -0.25) is 4.79 Å². The SMILES string of the molecule is Cc1cc(NC(=O)C(C)(O)CS(=O)(=O)c2ccc(F)cc2)ccc1C#N. The number of sulfone groups is 1. The van der Waals surface area contributed by atoms with Gasteiger partial charge in [-0.25, -0.2) is 12.8 Å². The van der Waals surface area contributed by atoms with Crippen LogP contribution in [0.3, 0.4) is 0 Å². The van der Waals surface area contributed by atoms with Crippen LogP contribution in [-0.2, 0) is 14.6 Å². The first kappa shape index (κ1) is 19.6. The van der Waals surface area contributed by atoms with Gasteiger partial charge in [0.2, 0.25) is 0 Å². The normalized spacial score (nSPS) is 13.5. The first-order valence-corrected chi connectivity index (χ1v) is 9.23. The van der Waals surface area contributed by atoms with Crippen molar-refractivity contribution in [2.24, 2.45) is 0 Å². The van der Waals surface area contributed by atoms with E-state index < -0.39 is 32.9 Å².